The van der Waals surface area contributed by atoms with Gasteiger partial charge in [0, 0.05) is 17.1 Å². The van der Waals surface area contributed by atoms with Crippen molar-refractivity contribution in [2.45, 2.75) is 52.0 Å². The molecule has 2 N–H and O–H groups in total. The molecule has 112 valence electrons. The van der Waals surface area contributed by atoms with Gasteiger partial charge in [0.05, 0.1) is 5.69 Å². The van der Waals surface area contributed by atoms with Gasteiger partial charge in [0.1, 0.15) is 0 Å². The van der Waals surface area contributed by atoms with E-state index in [9.17, 15) is 0 Å². The quantitative estimate of drug-likeness (QED) is 0.835. The van der Waals surface area contributed by atoms with Gasteiger partial charge in [0.15, 0.2) is 0 Å². The van der Waals surface area contributed by atoms with Crippen molar-refractivity contribution >= 4 is 21.6 Å². The molecule has 0 saturated heterocycles. The average Bonchev–Trinajstić information content (AvgIpc) is 2.90. The lowest BCUT2D eigenvalue weighted by Gasteiger charge is -2.33. The van der Waals surface area contributed by atoms with Crippen LogP contribution in [0.25, 0.3) is 0 Å². The highest BCUT2D eigenvalue weighted by Gasteiger charge is 2.24. The van der Waals surface area contributed by atoms with E-state index in [-0.39, 0.29) is 0 Å². The first-order valence-electron chi connectivity index (χ1n) is 7.87. The highest BCUT2D eigenvalue weighted by atomic mass is 79.9. The molecule has 1 saturated carbocycles. The van der Waals surface area contributed by atoms with Gasteiger partial charge < -0.3 is 10.6 Å². The Morgan fingerprint density at radius 1 is 1.30 bits per heavy atom. The maximum absolute atomic E-state index is 5.65. The molecule has 20 heavy (non-hydrogen) atoms. The van der Waals surface area contributed by atoms with Crippen LogP contribution in [0.5, 0.6) is 0 Å². The zero-order valence-corrected chi connectivity index (χ0v) is 14.3. The van der Waals surface area contributed by atoms with Gasteiger partial charge in [-0.3, -0.25) is 0 Å². The van der Waals surface area contributed by atoms with Crippen LogP contribution >= 0.6 is 15.9 Å². The highest BCUT2D eigenvalue weighted by Crippen LogP contribution is 2.34. The van der Waals surface area contributed by atoms with Crippen molar-refractivity contribution in [3.05, 3.63) is 28.2 Å². The third-order valence-corrected chi connectivity index (χ3v) is 4.72. The van der Waals surface area contributed by atoms with E-state index in [1.807, 2.05) is 0 Å². The molecule has 0 unspecified atom stereocenters. The monoisotopic (exact) mass is 338 g/mol. The molecule has 1 fully saturated rings. The molecule has 0 radical (unpaired) electrons. The van der Waals surface area contributed by atoms with Gasteiger partial charge in [-0.15, -0.1) is 0 Å². The van der Waals surface area contributed by atoms with Crippen molar-refractivity contribution in [1.29, 1.82) is 0 Å². The van der Waals surface area contributed by atoms with Crippen LogP contribution in [0.3, 0.4) is 0 Å². The number of rotatable bonds is 6. The van der Waals surface area contributed by atoms with Crippen LogP contribution in [-0.4, -0.2) is 19.1 Å². The van der Waals surface area contributed by atoms with Gasteiger partial charge in [-0.2, -0.15) is 0 Å². The number of nitrogens with two attached hydrogens (primary N) is 1. The van der Waals surface area contributed by atoms with E-state index in [1.165, 1.54) is 41.4 Å². The lowest BCUT2D eigenvalue weighted by atomic mass is 10.1. The summed E-state index contributed by atoms with van der Waals surface area (Å²) in [5.41, 5.74) is 8.32. The van der Waals surface area contributed by atoms with E-state index >= 15 is 0 Å². The molecule has 0 heterocycles. The summed E-state index contributed by atoms with van der Waals surface area (Å²) in [6.45, 7) is 6.46. The molecule has 1 aliphatic rings. The second kappa shape index (κ2) is 7.46. The molecule has 1 aliphatic carbocycles. The fourth-order valence-corrected chi connectivity index (χ4v) is 3.81. The Bertz CT molecular complexity index is 425. The summed E-state index contributed by atoms with van der Waals surface area (Å²) in [4.78, 5) is 2.62. The first-order valence-corrected chi connectivity index (χ1v) is 8.66. The molecule has 0 atom stereocenters. The van der Waals surface area contributed by atoms with Crippen molar-refractivity contribution in [3.63, 3.8) is 0 Å². The minimum absolute atomic E-state index is 0.686. The first-order chi connectivity index (χ1) is 9.61. The molecular weight excluding hydrogens is 312 g/mol. The maximum Gasteiger partial charge on any atom is 0.0513 e. The zero-order valence-electron chi connectivity index (χ0n) is 12.7. The summed E-state index contributed by atoms with van der Waals surface area (Å²) >= 11 is 3.77. The van der Waals surface area contributed by atoms with E-state index in [0.29, 0.717) is 18.5 Å². The predicted molar refractivity (Wildman–Crippen MR) is 91.3 cm³/mol. The molecule has 0 bridgehead atoms. The molecule has 3 heteroatoms. The second-order valence-electron chi connectivity index (χ2n) is 6.31. The van der Waals surface area contributed by atoms with Crippen LogP contribution in [0.15, 0.2) is 22.7 Å². The lowest BCUT2D eigenvalue weighted by Crippen LogP contribution is -2.36. The molecule has 1 aromatic rings. The molecule has 0 aliphatic heterocycles. The van der Waals surface area contributed by atoms with Crippen LogP contribution in [0, 0.1) is 5.92 Å². The fraction of sp³-hybridized carbons (Fsp3) is 0.647. The Labute approximate surface area is 131 Å². The largest absolute Gasteiger partial charge is 0.367 e. The third kappa shape index (κ3) is 3.98. The van der Waals surface area contributed by atoms with E-state index in [1.54, 1.807) is 0 Å². The summed E-state index contributed by atoms with van der Waals surface area (Å²) in [5, 5.41) is 0. The van der Waals surface area contributed by atoms with Crippen molar-refractivity contribution in [2.24, 2.45) is 11.7 Å². The number of benzene rings is 1. The number of hydrogen-bond acceptors (Lipinski definition) is 2. The molecular formula is C17H27BrN2. The Kier molecular flexibility index (Phi) is 5.91. The zero-order chi connectivity index (χ0) is 14.5. The van der Waals surface area contributed by atoms with E-state index < -0.39 is 0 Å². The smallest absolute Gasteiger partial charge is 0.0513 e. The number of halogens is 1. The van der Waals surface area contributed by atoms with E-state index in [4.69, 9.17) is 5.73 Å². The van der Waals surface area contributed by atoms with Crippen LogP contribution in [0.2, 0.25) is 0 Å². The summed E-state index contributed by atoms with van der Waals surface area (Å²) in [6.07, 6.45) is 6.38. The first kappa shape index (κ1) is 15.8. The molecule has 1 aromatic carbocycles. The highest BCUT2D eigenvalue weighted by molar-refractivity contribution is 9.10. The van der Waals surface area contributed by atoms with Crippen LogP contribution in [0.1, 0.15) is 45.1 Å². The standard InChI is InChI=1S/C17H27BrN2/c1-13(2)12-20(15-5-3-4-6-15)17-8-7-14(9-10-19)11-16(17)18/h7-8,11,13,15H,3-6,9-10,12,19H2,1-2H3. The van der Waals surface area contributed by atoms with Crippen LogP contribution < -0.4 is 10.6 Å². The van der Waals surface area contributed by atoms with E-state index in [2.05, 4.69) is 52.9 Å². The van der Waals surface area contributed by atoms with Gasteiger partial charge >= 0.3 is 0 Å². The summed E-state index contributed by atoms with van der Waals surface area (Å²) in [7, 11) is 0. The summed E-state index contributed by atoms with van der Waals surface area (Å²) in [6, 6.07) is 7.46. The number of anilines is 1. The van der Waals surface area contributed by atoms with Crippen molar-refractivity contribution < 1.29 is 0 Å². The maximum atomic E-state index is 5.65. The van der Waals surface area contributed by atoms with Gasteiger partial charge in [0.25, 0.3) is 0 Å². The number of nitrogens with zero attached hydrogens (tertiary/aromatic N) is 1. The fourth-order valence-electron chi connectivity index (χ4n) is 3.16. The van der Waals surface area contributed by atoms with Gasteiger partial charge in [-0.25, -0.2) is 0 Å². The second-order valence-corrected chi connectivity index (χ2v) is 7.16. The SMILES string of the molecule is CC(C)CN(c1ccc(CCN)cc1Br)C1CCCC1. The van der Waals surface area contributed by atoms with Crippen molar-refractivity contribution in [2.75, 3.05) is 18.0 Å². The molecule has 0 aromatic heterocycles. The van der Waals surface area contributed by atoms with Crippen LogP contribution in [-0.2, 0) is 6.42 Å². The van der Waals surface area contributed by atoms with Crippen LogP contribution in [0.4, 0.5) is 5.69 Å². The topological polar surface area (TPSA) is 29.3 Å². The summed E-state index contributed by atoms with van der Waals surface area (Å²) < 4.78 is 1.22. The van der Waals surface area contributed by atoms with Crippen molar-refractivity contribution in [3.8, 4) is 0 Å². The lowest BCUT2D eigenvalue weighted by molar-refractivity contribution is 0.535. The van der Waals surface area contributed by atoms with Gasteiger partial charge in [-0.1, -0.05) is 32.8 Å². The molecule has 0 amide bonds. The normalized spacial score (nSPS) is 16.1. The Morgan fingerprint density at radius 2 is 2.00 bits per heavy atom. The Hall–Kier alpha value is -0.540. The predicted octanol–water partition coefficient (Wildman–Crippen LogP) is 4.36. The van der Waals surface area contributed by atoms with Crippen molar-refractivity contribution in [1.82, 2.24) is 0 Å². The number of hydrogen-bond donors (Lipinski definition) is 1. The Balaban J connectivity index is 2.23. The molecule has 2 nitrogen and oxygen atoms in total. The minimum atomic E-state index is 0.686. The summed E-state index contributed by atoms with van der Waals surface area (Å²) in [5.74, 6) is 0.686. The average molecular weight is 339 g/mol. The Morgan fingerprint density at radius 3 is 2.55 bits per heavy atom. The minimum Gasteiger partial charge on any atom is -0.367 e. The van der Waals surface area contributed by atoms with E-state index in [0.717, 1.165) is 13.0 Å². The van der Waals surface area contributed by atoms with Gasteiger partial charge in [0.2, 0.25) is 0 Å². The third-order valence-electron chi connectivity index (χ3n) is 4.08. The molecule has 2 rings (SSSR count). The van der Waals surface area contributed by atoms with Gasteiger partial charge in [-0.05, 0) is 65.4 Å². The molecule has 0 spiro atoms.